The van der Waals surface area contributed by atoms with Crippen LogP contribution in [0.15, 0.2) is 23.0 Å². The molecule has 0 amide bonds. The summed E-state index contributed by atoms with van der Waals surface area (Å²) in [6.07, 6.45) is 1.83. The number of hydrogen-bond acceptors (Lipinski definition) is 2. The van der Waals surface area contributed by atoms with E-state index in [4.69, 9.17) is 4.42 Å². The molecular weight excluding hydrogens is 188 g/mol. The van der Waals surface area contributed by atoms with Crippen molar-refractivity contribution in [1.29, 1.82) is 0 Å². The average molecular weight is 203 g/mol. The van der Waals surface area contributed by atoms with Crippen LogP contribution in [0.4, 0.5) is 8.78 Å². The van der Waals surface area contributed by atoms with Gasteiger partial charge in [0.2, 0.25) is 0 Å². The van der Waals surface area contributed by atoms with E-state index in [9.17, 15) is 8.78 Å². The summed E-state index contributed by atoms with van der Waals surface area (Å²) in [6, 6.07) is 0.941. The van der Waals surface area contributed by atoms with Gasteiger partial charge in [-0.25, -0.2) is 8.78 Å². The van der Waals surface area contributed by atoms with Gasteiger partial charge in [0.15, 0.2) is 0 Å². The third kappa shape index (κ3) is 3.46. The fourth-order valence-electron chi connectivity index (χ4n) is 1.24. The second-order valence-electron chi connectivity index (χ2n) is 3.23. The Labute approximate surface area is 82.3 Å². The van der Waals surface area contributed by atoms with E-state index in [-0.39, 0.29) is 0 Å². The van der Waals surface area contributed by atoms with Crippen LogP contribution < -0.4 is 5.32 Å². The second-order valence-corrected chi connectivity index (χ2v) is 3.23. The van der Waals surface area contributed by atoms with Gasteiger partial charge in [0, 0.05) is 0 Å². The number of alkyl halides is 2. The number of nitrogens with one attached hydrogen (secondary N) is 1. The molecule has 1 aromatic heterocycles. The predicted octanol–water partition coefficient (Wildman–Crippen LogP) is 2.46. The highest BCUT2D eigenvalue weighted by Crippen LogP contribution is 2.10. The fourth-order valence-corrected chi connectivity index (χ4v) is 1.24. The van der Waals surface area contributed by atoms with Crippen molar-refractivity contribution in [2.45, 2.75) is 32.2 Å². The Balaban J connectivity index is 2.43. The average Bonchev–Trinajstić information content (AvgIpc) is 2.64. The van der Waals surface area contributed by atoms with Crippen LogP contribution in [0.3, 0.4) is 0 Å². The van der Waals surface area contributed by atoms with Crippen molar-refractivity contribution in [3.05, 3.63) is 24.2 Å². The first kappa shape index (κ1) is 11.2. The van der Waals surface area contributed by atoms with Gasteiger partial charge in [-0.05, 0) is 31.0 Å². The van der Waals surface area contributed by atoms with E-state index in [0.29, 0.717) is 13.0 Å². The minimum absolute atomic E-state index is 0.314. The largest absolute Gasteiger partial charge is 0.472 e. The van der Waals surface area contributed by atoms with Crippen LogP contribution in [0.1, 0.15) is 18.9 Å². The van der Waals surface area contributed by atoms with Gasteiger partial charge in [0.1, 0.15) is 0 Å². The van der Waals surface area contributed by atoms with Gasteiger partial charge in [-0.15, -0.1) is 0 Å². The molecule has 80 valence electrons. The molecule has 0 saturated carbocycles. The van der Waals surface area contributed by atoms with Crippen LogP contribution in [0, 0.1) is 0 Å². The lowest BCUT2D eigenvalue weighted by Crippen LogP contribution is -2.37. The highest BCUT2D eigenvalue weighted by atomic mass is 19.3. The monoisotopic (exact) mass is 203 g/mol. The van der Waals surface area contributed by atoms with E-state index >= 15 is 0 Å². The van der Waals surface area contributed by atoms with Gasteiger partial charge in [-0.2, -0.15) is 0 Å². The molecule has 0 radical (unpaired) electrons. The summed E-state index contributed by atoms with van der Waals surface area (Å²) in [4.78, 5) is 0. The molecular formula is C10H15F2NO. The molecule has 1 aromatic rings. The smallest absolute Gasteiger partial charge is 0.254 e. The quantitative estimate of drug-likeness (QED) is 0.768. The molecule has 0 saturated heterocycles. The molecule has 1 rings (SSSR count). The Morgan fingerprint density at radius 1 is 1.50 bits per heavy atom. The SMILES string of the molecule is CCCNC(Cc1ccoc1)C(F)F. The normalized spacial score (nSPS) is 13.4. The summed E-state index contributed by atoms with van der Waals surface area (Å²) in [5.74, 6) is 0. The summed E-state index contributed by atoms with van der Waals surface area (Å²) in [5.41, 5.74) is 0.805. The van der Waals surface area contributed by atoms with Gasteiger partial charge >= 0.3 is 0 Å². The Morgan fingerprint density at radius 2 is 2.29 bits per heavy atom. The van der Waals surface area contributed by atoms with Crippen molar-refractivity contribution < 1.29 is 13.2 Å². The van der Waals surface area contributed by atoms with Crippen molar-refractivity contribution in [3.63, 3.8) is 0 Å². The maximum Gasteiger partial charge on any atom is 0.254 e. The number of hydrogen-bond donors (Lipinski definition) is 1. The summed E-state index contributed by atoms with van der Waals surface area (Å²) in [6.45, 7) is 2.57. The molecule has 0 bridgehead atoms. The molecule has 14 heavy (non-hydrogen) atoms. The van der Waals surface area contributed by atoms with E-state index in [2.05, 4.69) is 5.32 Å². The highest BCUT2D eigenvalue weighted by molar-refractivity contribution is 5.07. The van der Waals surface area contributed by atoms with E-state index in [1.165, 1.54) is 12.5 Å². The summed E-state index contributed by atoms with van der Waals surface area (Å²) >= 11 is 0. The van der Waals surface area contributed by atoms with E-state index < -0.39 is 12.5 Å². The first-order chi connectivity index (χ1) is 6.74. The van der Waals surface area contributed by atoms with Gasteiger partial charge in [-0.1, -0.05) is 6.92 Å². The number of halogens is 2. The second kappa shape index (κ2) is 5.75. The number of furan rings is 1. The zero-order valence-electron chi connectivity index (χ0n) is 8.17. The van der Waals surface area contributed by atoms with E-state index in [1.807, 2.05) is 6.92 Å². The minimum atomic E-state index is -2.34. The van der Waals surface area contributed by atoms with Crippen molar-refractivity contribution in [3.8, 4) is 0 Å². The molecule has 1 atom stereocenters. The Kier molecular flexibility index (Phi) is 4.59. The van der Waals surface area contributed by atoms with Crippen LogP contribution in [-0.2, 0) is 6.42 Å². The fraction of sp³-hybridized carbons (Fsp3) is 0.600. The number of rotatable bonds is 6. The third-order valence-electron chi connectivity index (χ3n) is 2.00. The molecule has 4 heteroatoms. The zero-order valence-corrected chi connectivity index (χ0v) is 8.17. The topological polar surface area (TPSA) is 25.2 Å². The van der Waals surface area contributed by atoms with Crippen molar-refractivity contribution >= 4 is 0 Å². The van der Waals surface area contributed by atoms with Crippen LogP contribution in [0.2, 0.25) is 0 Å². The minimum Gasteiger partial charge on any atom is -0.472 e. The highest BCUT2D eigenvalue weighted by Gasteiger charge is 2.19. The molecule has 0 fully saturated rings. The molecule has 1 unspecified atom stereocenters. The zero-order chi connectivity index (χ0) is 10.4. The summed E-state index contributed by atoms with van der Waals surface area (Å²) in [5, 5.41) is 2.82. The maximum absolute atomic E-state index is 12.5. The maximum atomic E-state index is 12.5. The van der Waals surface area contributed by atoms with Crippen LogP contribution in [0.5, 0.6) is 0 Å². The first-order valence-corrected chi connectivity index (χ1v) is 4.76. The van der Waals surface area contributed by atoms with Crippen molar-refractivity contribution in [2.24, 2.45) is 0 Å². The first-order valence-electron chi connectivity index (χ1n) is 4.76. The van der Waals surface area contributed by atoms with Gasteiger partial charge in [-0.3, -0.25) is 0 Å². The van der Waals surface area contributed by atoms with Crippen LogP contribution >= 0.6 is 0 Å². The summed E-state index contributed by atoms with van der Waals surface area (Å²) in [7, 11) is 0. The molecule has 0 spiro atoms. The Bertz CT molecular complexity index is 236. The molecule has 0 aliphatic carbocycles. The van der Waals surface area contributed by atoms with Crippen molar-refractivity contribution in [1.82, 2.24) is 5.32 Å². The molecule has 1 N–H and O–H groups in total. The Hall–Kier alpha value is -0.900. The van der Waals surface area contributed by atoms with Crippen molar-refractivity contribution in [2.75, 3.05) is 6.54 Å². The van der Waals surface area contributed by atoms with Crippen LogP contribution in [-0.4, -0.2) is 19.0 Å². The summed E-state index contributed by atoms with van der Waals surface area (Å²) < 4.78 is 29.9. The molecule has 0 aliphatic rings. The molecule has 0 aliphatic heterocycles. The van der Waals surface area contributed by atoms with Gasteiger partial charge < -0.3 is 9.73 Å². The standard InChI is InChI=1S/C10H15F2NO/c1-2-4-13-9(10(11)12)6-8-3-5-14-7-8/h3,5,7,9-10,13H,2,4,6H2,1H3. The molecule has 2 nitrogen and oxygen atoms in total. The van der Waals surface area contributed by atoms with Crippen LogP contribution in [0.25, 0.3) is 0 Å². The molecule has 1 heterocycles. The lowest BCUT2D eigenvalue weighted by Gasteiger charge is -2.16. The van der Waals surface area contributed by atoms with Gasteiger partial charge in [0.25, 0.3) is 6.43 Å². The van der Waals surface area contributed by atoms with E-state index in [1.54, 1.807) is 6.07 Å². The lowest BCUT2D eigenvalue weighted by atomic mass is 10.1. The molecule has 0 aromatic carbocycles. The Morgan fingerprint density at radius 3 is 2.79 bits per heavy atom. The lowest BCUT2D eigenvalue weighted by molar-refractivity contribution is 0.0982. The van der Waals surface area contributed by atoms with Gasteiger partial charge in [0.05, 0.1) is 18.6 Å². The third-order valence-corrected chi connectivity index (χ3v) is 2.00. The van der Waals surface area contributed by atoms with E-state index in [0.717, 1.165) is 12.0 Å². The predicted molar refractivity (Wildman–Crippen MR) is 50.5 cm³/mol.